The zero-order chi connectivity index (χ0) is 12.4. The Kier molecular flexibility index (Phi) is 3.30. The maximum atomic E-state index is 5.59. The van der Waals surface area contributed by atoms with Gasteiger partial charge in [-0.25, -0.2) is 4.98 Å². The predicted molar refractivity (Wildman–Crippen MR) is 76.9 cm³/mol. The normalized spacial score (nSPS) is 15.3. The molecule has 0 unspecified atom stereocenters. The highest BCUT2D eigenvalue weighted by atomic mass is 32.1. The molecule has 1 fully saturated rings. The van der Waals surface area contributed by atoms with Crippen molar-refractivity contribution in [2.45, 2.75) is 19.4 Å². The molecule has 3 rings (SSSR count). The summed E-state index contributed by atoms with van der Waals surface area (Å²) in [6, 6.07) is 8.70. The Balaban J connectivity index is 1.81. The van der Waals surface area contributed by atoms with Crippen LogP contribution in [0.3, 0.4) is 0 Å². The van der Waals surface area contributed by atoms with Crippen molar-refractivity contribution in [1.82, 2.24) is 4.98 Å². The topological polar surface area (TPSA) is 42.1 Å². The standard InChI is InChI=1S/C14H17N3S/c15-9-14-16-13(10-18-14)11-3-5-12(6-4-11)17-7-1-2-8-17/h3-6,10H,1-2,7-9,15H2. The van der Waals surface area contributed by atoms with Gasteiger partial charge in [0.25, 0.3) is 0 Å². The van der Waals surface area contributed by atoms with Gasteiger partial charge >= 0.3 is 0 Å². The first-order chi connectivity index (χ1) is 8.86. The fourth-order valence-electron chi connectivity index (χ4n) is 2.36. The number of nitrogens with zero attached hydrogens (tertiary/aromatic N) is 2. The maximum absolute atomic E-state index is 5.59. The monoisotopic (exact) mass is 259 g/mol. The molecule has 2 aromatic rings. The van der Waals surface area contributed by atoms with E-state index in [1.165, 1.54) is 37.2 Å². The third-order valence-electron chi connectivity index (χ3n) is 3.36. The largest absolute Gasteiger partial charge is 0.372 e. The van der Waals surface area contributed by atoms with Gasteiger partial charge in [-0.1, -0.05) is 12.1 Å². The molecule has 1 saturated heterocycles. The van der Waals surface area contributed by atoms with Crippen molar-refractivity contribution in [1.29, 1.82) is 0 Å². The average molecular weight is 259 g/mol. The van der Waals surface area contributed by atoms with E-state index in [4.69, 9.17) is 5.73 Å². The van der Waals surface area contributed by atoms with Crippen LogP contribution in [-0.2, 0) is 6.54 Å². The third-order valence-corrected chi connectivity index (χ3v) is 4.23. The first kappa shape index (κ1) is 11.7. The molecule has 1 aromatic heterocycles. The number of rotatable bonds is 3. The number of aromatic nitrogens is 1. The van der Waals surface area contributed by atoms with Crippen molar-refractivity contribution in [3.8, 4) is 11.3 Å². The van der Waals surface area contributed by atoms with Crippen LogP contribution in [0.25, 0.3) is 11.3 Å². The molecule has 2 N–H and O–H groups in total. The second-order valence-electron chi connectivity index (χ2n) is 4.57. The van der Waals surface area contributed by atoms with Crippen molar-refractivity contribution in [2.24, 2.45) is 5.73 Å². The third kappa shape index (κ3) is 2.26. The van der Waals surface area contributed by atoms with E-state index in [9.17, 15) is 0 Å². The number of benzene rings is 1. The Bertz CT molecular complexity index is 512. The first-order valence-electron chi connectivity index (χ1n) is 6.36. The van der Waals surface area contributed by atoms with Gasteiger partial charge in [0.15, 0.2) is 0 Å². The van der Waals surface area contributed by atoms with Crippen molar-refractivity contribution in [2.75, 3.05) is 18.0 Å². The molecule has 94 valence electrons. The molecule has 1 aromatic carbocycles. The van der Waals surface area contributed by atoms with E-state index in [1.807, 2.05) is 0 Å². The lowest BCUT2D eigenvalue weighted by Gasteiger charge is -2.17. The van der Waals surface area contributed by atoms with Crippen LogP contribution in [0.15, 0.2) is 29.6 Å². The summed E-state index contributed by atoms with van der Waals surface area (Å²) in [7, 11) is 0. The minimum absolute atomic E-state index is 0.524. The van der Waals surface area contributed by atoms with Crippen LogP contribution in [0.2, 0.25) is 0 Å². The van der Waals surface area contributed by atoms with E-state index in [2.05, 4.69) is 39.5 Å². The fourth-order valence-corrected chi connectivity index (χ4v) is 3.04. The molecule has 0 radical (unpaired) electrons. The molecular weight excluding hydrogens is 242 g/mol. The van der Waals surface area contributed by atoms with E-state index in [0.29, 0.717) is 6.54 Å². The molecule has 0 bridgehead atoms. The van der Waals surface area contributed by atoms with Gasteiger partial charge in [-0.15, -0.1) is 11.3 Å². The molecule has 0 saturated carbocycles. The Labute approximate surface area is 111 Å². The predicted octanol–water partition coefficient (Wildman–Crippen LogP) is 2.87. The van der Waals surface area contributed by atoms with Gasteiger partial charge < -0.3 is 10.6 Å². The molecule has 18 heavy (non-hydrogen) atoms. The van der Waals surface area contributed by atoms with Crippen LogP contribution in [0.5, 0.6) is 0 Å². The van der Waals surface area contributed by atoms with Gasteiger partial charge in [0.1, 0.15) is 5.01 Å². The summed E-state index contributed by atoms with van der Waals surface area (Å²) in [5.41, 5.74) is 9.12. The molecule has 1 aliphatic rings. The zero-order valence-corrected chi connectivity index (χ0v) is 11.1. The Hall–Kier alpha value is -1.39. The summed E-state index contributed by atoms with van der Waals surface area (Å²) < 4.78 is 0. The van der Waals surface area contributed by atoms with Crippen LogP contribution in [0, 0.1) is 0 Å². The van der Waals surface area contributed by atoms with E-state index >= 15 is 0 Å². The Morgan fingerprint density at radius 1 is 1.17 bits per heavy atom. The van der Waals surface area contributed by atoms with Gasteiger partial charge in [0.05, 0.1) is 5.69 Å². The molecule has 0 atom stereocenters. The van der Waals surface area contributed by atoms with E-state index in [0.717, 1.165) is 10.7 Å². The van der Waals surface area contributed by atoms with Crippen LogP contribution in [0.4, 0.5) is 5.69 Å². The van der Waals surface area contributed by atoms with Crippen molar-refractivity contribution in [3.05, 3.63) is 34.7 Å². The minimum Gasteiger partial charge on any atom is -0.372 e. The zero-order valence-electron chi connectivity index (χ0n) is 10.3. The smallest absolute Gasteiger partial charge is 0.107 e. The number of thiazole rings is 1. The summed E-state index contributed by atoms with van der Waals surface area (Å²) in [5, 5.41) is 3.07. The minimum atomic E-state index is 0.524. The maximum Gasteiger partial charge on any atom is 0.107 e. The van der Waals surface area contributed by atoms with E-state index < -0.39 is 0 Å². The molecular formula is C14H17N3S. The summed E-state index contributed by atoms with van der Waals surface area (Å²) >= 11 is 1.63. The fraction of sp³-hybridized carbons (Fsp3) is 0.357. The van der Waals surface area contributed by atoms with Crippen molar-refractivity contribution < 1.29 is 0 Å². The van der Waals surface area contributed by atoms with Crippen LogP contribution >= 0.6 is 11.3 Å². The molecule has 2 heterocycles. The second kappa shape index (κ2) is 5.08. The summed E-state index contributed by atoms with van der Waals surface area (Å²) in [5.74, 6) is 0. The first-order valence-corrected chi connectivity index (χ1v) is 7.24. The Morgan fingerprint density at radius 3 is 2.50 bits per heavy atom. The van der Waals surface area contributed by atoms with Gasteiger partial charge in [-0.05, 0) is 25.0 Å². The molecule has 0 spiro atoms. The average Bonchev–Trinajstić information content (AvgIpc) is 3.10. The van der Waals surface area contributed by atoms with Crippen LogP contribution in [-0.4, -0.2) is 18.1 Å². The van der Waals surface area contributed by atoms with Gasteiger partial charge in [-0.3, -0.25) is 0 Å². The number of anilines is 1. The Morgan fingerprint density at radius 2 is 1.89 bits per heavy atom. The SMILES string of the molecule is NCc1nc(-c2ccc(N3CCCC3)cc2)cs1. The molecule has 0 aliphatic carbocycles. The summed E-state index contributed by atoms with van der Waals surface area (Å²) in [6.45, 7) is 2.90. The van der Waals surface area contributed by atoms with Crippen molar-refractivity contribution >= 4 is 17.0 Å². The lowest BCUT2D eigenvalue weighted by atomic mass is 10.1. The second-order valence-corrected chi connectivity index (χ2v) is 5.51. The molecule has 0 amide bonds. The highest BCUT2D eigenvalue weighted by Gasteiger charge is 2.12. The van der Waals surface area contributed by atoms with E-state index in [-0.39, 0.29) is 0 Å². The quantitative estimate of drug-likeness (QED) is 0.921. The molecule has 4 heteroatoms. The van der Waals surface area contributed by atoms with Gasteiger partial charge in [0, 0.05) is 36.3 Å². The number of hydrogen-bond donors (Lipinski definition) is 1. The molecule has 3 nitrogen and oxygen atoms in total. The van der Waals surface area contributed by atoms with Gasteiger partial charge in [-0.2, -0.15) is 0 Å². The van der Waals surface area contributed by atoms with Gasteiger partial charge in [0.2, 0.25) is 0 Å². The number of nitrogens with two attached hydrogens (primary N) is 1. The van der Waals surface area contributed by atoms with Crippen molar-refractivity contribution in [3.63, 3.8) is 0 Å². The number of hydrogen-bond acceptors (Lipinski definition) is 4. The lowest BCUT2D eigenvalue weighted by Crippen LogP contribution is -2.17. The van der Waals surface area contributed by atoms with Crippen LogP contribution < -0.4 is 10.6 Å². The summed E-state index contributed by atoms with van der Waals surface area (Å²) in [4.78, 5) is 6.95. The van der Waals surface area contributed by atoms with Crippen LogP contribution in [0.1, 0.15) is 17.8 Å². The summed E-state index contributed by atoms with van der Waals surface area (Å²) in [6.07, 6.45) is 2.63. The lowest BCUT2D eigenvalue weighted by molar-refractivity contribution is 0.949. The highest BCUT2D eigenvalue weighted by molar-refractivity contribution is 7.09. The van der Waals surface area contributed by atoms with E-state index in [1.54, 1.807) is 11.3 Å². The highest BCUT2D eigenvalue weighted by Crippen LogP contribution is 2.26. The molecule has 1 aliphatic heterocycles.